The molecular weight excluding hydrogens is 456 g/mol. The molecule has 0 saturated heterocycles. The van der Waals surface area contributed by atoms with Crippen molar-refractivity contribution in [2.45, 2.75) is 36.5 Å². The molecular formula is C23H20N6O2S2. The Kier molecular flexibility index (Phi) is 5.31. The molecule has 1 atom stereocenters. The molecule has 5 heterocycles. The molecule has 1 aliphatic heterocycles. The first-order valence-corrected chi connectivity index (χ1v) is 12.6. The van der Waals surface area contributed by atoms with E-state index >= 15 is 0 Å². The Balaban J connectivity index is 1.23. The Bertz CT molecular complexity index is 1280. The minimum absolute atomic E-state index is 0.0822. The van der Waals surface area contributed by atoms with Crippen LogP contribution in [0.1, 0.15) is 42.0 Å². The Hall–Kier alpha value is -3.24. The van der Waals surface area contributed by atoms with Gasteiger partial charge in [-0.25, -0.2) is 5.01 Å². The molecule has 0 unspecified atom stereocenters. The lowest BCUT2D eigenvalue weighted by Gasteiger charge is -2.19. The van der Waals surface area contributed by atoms with Crippen LogP contribution in [0.4, 0.5) is 0 Å². The number of hydrogen-bond donors (Lipinski definition) is 0. The molecule has 1 aliphatic carbocycles. The van der Waals surface area contributed by atoms with Crippen LogP contribution in [0.5, 0.6) is 0 Å². The van der Waals surface area contributed by atoms with Crippen LogP contribution in [0.25, 0.3) is 11.4 Å². The third-order valence-corrected chi connectivity index (χ3v) is 7.51. The molecule has 10 heteroatoms. The highest BCUT2D eigenvalue weighted by Crippen LogP contribution is 2.41. The van der Waals surface area contributed by atoms with Gasteiger partial charge >= 0.3 is 0 Å². The highest BCUT2D eigenvalue weighted by atomic mass is 32.2. The number of carbonyl (C=O) groups is 1. The minimum Gasteiger partial charge on any atom is -0.467 e. The zero-order chi connectivity index (χ0) is 22.2. The van der Waals surface area contributed by atoms with Crippen LogP contribution < -0.4 is 0 Å². The van der Waals surface area contributed by atoms with Crippen molar-refractivity contribution in [1.82, 2.24) is 24.8 Å². The summed E-state index contributed by atoms with van der Waals surface area (Å²) in [5.74, 6) is 1.68. The summed E-state index contributed by atoms with van der Waals surface area (Å²) in [5, 5.41) is 17.8. The second kappa shape index (κ2) is 8.60. The predicted octanol–water partition coefficient (Wildman–Crippen LogP) is 4.80. The number of amides is 1. The van der Waals surface area contributed by atoms with Gasteiger partial charge in [0.15, 0.2) is 11.0 Å². The van der Waals surface area contributed by atoms with Gasteiger partial charge < -0.3 is 4.42 Å². The summed E-state index contributed by atoms with van der Waals surface area (Å²) in [5.41, 5.74) is 1.84. The average Bonchev–Trinajstić information content (AvgIpc) is 3.34. The largest absolute Gasteiger partial charge is 0.467 e. The summed E-state index contributed by atoms with van der Waals surface area (Å²) < 4.78 is 7.78. The molecule has 166 valence electrons. The second-order valence-electron chi connectivity index (χ2n) is 7.94. The van der Waals surface area contributed by atoms with Crippen LogP contribution in [0.15, 0.2) is 75.1 Å². The van der Waals surface area contributed by atoms with E-state index < -0.39 is 0 Å². The first-order chi connectivity index (χ1) is 16.3. The number of thioether (sulfide) groups is 1. The number of thiophene rings is 1. The number of rotatable bonds is 7. The molecule has 2 aliphatic rings. The summed E-state index contributed by atoms with van der Waals surface area (Å²) in [7, 11) is 0. The van der Waals surface area contributed by atoms with Crippen LogP contribution in [0, 0.1) is 0 Å². The van der Waals surface area contributed by atoms with E-state index in [0.717, 1.165) is 45.7 Å². The van der Waals surface area contributed by atoms with Gasteiger partial charge in [0.1, 0.15) is 11.8 Å². The summed E-state index contributed by atoms with van der Waals surface area (Å²) in [4.78, 5) is 18.6. The highest BCUT2D eigenvalue weighted by molar-refractivity contribution is 7.99. The first-order valence-electron chi connectivity index (χ1n) is 10.7. The van der Waals surface area contributed by atoms with Crippen molar-refractivity contribution in [2.24, 2.45) is 5.10 Å². The van der Waals surface area contributed by atoms with Gasteiger partial charge in [0.2, 0.25) is 0 Å². The normalized spacial score (nSPS) is 18.0. The molecule has 1 amide bonds. The summed E-state index contributed by atoms with van der Waals surface area (Å²) >= 11 is 3.03. The van der Waals surface area contributed by atoms with Gasteiger partial charge in [0.05, 0.1) is 22.6 Å². The molecule has 33 heavy (non-hydrogen) atoms. The molecule has 1 fully saturated rings. The maximum atomic E-state index is 13.3. The smallest absolute Gasteiger partial charge is 0.253 e. The standard InChI is InChI=1S/C23H20N6O2S2/c30-21(29-18(19-5-2-10-31-19)12-17(27-29)20-6-3-11-32-20)14-33-23-26-25-22(28(23)16-7-8-16)15-4-1-9-24-13-15/h1-6,9-11,13,16,18H,7-8,12,14H2/t18-/m1/s1. The van der Waals surface area contributed by atoms with Gasteiger partial charge in [0.25, 0.3) is 5.91 Å². The number of pyridine rings is 1. The lowest BCUT2D eigenvalue weighted by Crippen LogP contribution is -2.28. The van der Waals surface area contributed by atoms with Gasteiger partial charge in [-0.3, -0.25) is 14.3 Å². The van der Waals surface area contributed by atoms with Gasteiger partial charge in [-0.05, 0) is 48.6 Å². The van der Waals surface area contributed by atoms with E-state index in [4.69, 9.17) is 4.42 Å². The second-order valence-corrected chi connectivity index (χ2v) is 9.83. The molecule has 0 bridgehead atoms. The van der Waals surface area contributed by atoms with E-state index in [1.807, 2.05) is 41.8 Å². The zero-order valence-corrected chi connectivity index (χ0v) is 19.2. The van der Waals surface area contributed by atoms with Crippen LogP contribution in [0.3, 0.4) is 0 Å². The van der Waals surface area contributed by atoms with E-state index in [-0.39, 0.29) is 17.7 Å². The fourth-order valence-corrected chi connectivity index (χ4v) is 5.54. The highest BCUT2D eigenvalue weighted by Gasteiger charge is 2.36. The van der Waals surface area contributed by atoms with Gasteiger partial charge in [-0.1, -0.05) is 17.8 Å². The molecule has 4 aromatic heterocycles. The van der Waals surface area contributed by atoms with Gasteiger partial charge in [-0.2, -0.15) is 5.10 Å². The number of aromatic nitrogens is 4. The van der Waals surface area contributed by atoms with Gasteiger partial charge in [-0.15, -0.1) is 21.5 Å². The zero-order valence-electron chi connectivity index (χ0n) is 17.6. The third-order valence-electron chi connectivity index (χ3n) is 5.66. The molecule has 1 saturated carbocycles. The number of furan rings is 1. The van der Waals surface area contributed by atoms with Gasteiger partial charge in [0, 0.05) is 30.4 Å². The number of hydrogen-bond acceptors (Lipinski definition) is 8. The molecule has 8 nitrogen and oxygen atoms in total. The Morgan fingerprint density at radius 2 is 2.12 bits per heavy atom. The molecule has 0 radical (unpaired) electrons. The van der Waals surface area contributed by atoms with Crippen molar-refractivity contribution in [3.8, 4) is 11.4 Å². The number of nitrogens with zero attached hydrogens (tertiary/aromatic N) is 6. The topological polar surface area (TPSA) is 89.4 Å². The van der Waals surface area contributed by atoms with Crippen molar-refractivity contribution in [2.75, 3.05) is 5.75 Å². The number of carbonyl (C=O) groups excluding carboxylic acids is 1. The fraction of sp³-hybridized carbons (Fsp3) is 0.261. The van der Waals surface area contributed by atoms with E-state index in [9.17, 15) is 4.79 Å². The predicted molar refractivity (Wildman–Crippen MR) is 126 cm³/mol. The number of hydrazone groups is 1. The third kappa shape index (κ3) is 4.00. The summed E-state index contributed by atoms with van der Waals surface area (Å²) in [6, 6.07) is 11.8. The maximum Gasteiger partial charge on any atom is 0.253 e. The Labute approximate surface area is 198 Å². The summed E-state index contributed by atoms with van der Waals surface area (Å²) in [6.45, 7) is 0. The van der Waals surface area contributed by atoms with Crippen LogP contribution in [-0.2, 0) is 4.79 Å². The van der Waals surface area contributed by atoms with Crippen molar-refractivity contribution < 1.29 is 9.21 Å². The molecule has 6 rings (SSSR count). The maximum absolute atomic E-state index is 13.3. The Morgan fingerprint density at radius 1 is 1.18 bits per heavy atom. The van der Waals surface area contributed by atoms with E-state index in [1.165, 1.54) is 11.8 Å². The fourth-order valence-electron chi connectivity index (χ4n) is 3.96. The molecule has 0 N–H and O–H groups in total. The van der Waals surface area contributed by atoms with Crippen LogP contribution in [-0.4, -0.2) is 42.1 Å². The van der Waals surface area contributed by atoms with Crippen molar-refractivity contribution in [1.29, 1.82) is 0 Å². The van der Waals surface area contributed by atoms with E-state index in [1.54, 1.807) is 35.0 Å². The minimum atomic E-state index is -0.238. The lowest BCUT2D eigenvalue weighted by molar-refractivity contribution is -0.130. The molecule has 0 spiro atoms. The van der Waals surface area contributed by atoms with Crippen LogP contribution in [0.2, 0.25) is 0 Å². The van der Waals surface area contributed by atoms with E-state index in [2.05, 4.69) is 24.8 Å². The average molecular weight is 477 g/mol. The first kappa shape index (κ1) is 20.4. The summed E-state index contributed by atoms with van der Waals surface area (Å²) in [6.07, 6.45) is 7.98. The van der Waals surface area contributed by atoms with Crippen molar-refractivity contribution >= 4 is 34.7 Å². The van der Waals surface area contributed by atoms with Crippen LogP contribution >= 0.6 is 23.1 Å². The van der Waals surface area contributed by atoms with E-state index in [0.29, 0.717) is 12.5 Å². The monoisotopic (exact) mass is 476 g/mol. The Morgan fingerprint density at radius 3 is 2.85 bits per heavy atom. The lowest BCUT2D eigenvalue weighted by atomic mass is 10.1. The van der Waals surface area contributed by atoms with Crippen molar-refractivity contribution in [3.63, 3.8) is 0 Å². The quantitative estimate of drug-likeness (QED) is 0.356. The van der Waals surface area contributed by atoms with Crippen molar-refractivity contribution in [3.05, 3.63) is 71.1 Å². The SMILES string of the molecule is O=C(CSc1nnc(-c2cccnc2)n1C1CC1)N1N=C(c2cccs2)C[C@@H]1c1ccco1. The molecule has 0 aromatic carbocycles. The molecule has 4 aromatic rings.